The second-order valence-electron chi connectivity index (χ2n) is 7.52. The fourth-order valence-corrected chi connectivity index (χ4v) is 4.10. The number of nitrogens with zero attached hydrogens (tertiary/aromatic N) is 1. The van der Waals surface area contributed by atoms with Crippen molar-refractivity contribution in [3.63, 3.8) is 0 Å². The van der Waals surface area contributed by atoms with Crippen molar-refractivity contribution >= 4 is 5.97 Å². The molecule has 2 atom stereocenters. The Balaban J connectivity index is 1.83. The van der Waals surface area contributed by atoms with Gasteiger partial charge in [0.15, 0.2) is 0 Å². The number of hydrogen-bond acceptors (Lipinski definition) is 5. The molecule has 1 aromatic heterocycles. The van der Waals surface area contributed by atoms with Crippen molar-refractivity contribution < 1.29 is 14.6 Å². The average molecular weight is 383 g/mol. The molecule has 1 aromatic carbocycles. The van der Waals surface area contributed by atoms with Gasteiger partial charge < -0.3 is 5.32 Å². The summed E-state index contributed by atoms with van der Waals surface area (Å²) in [5.74, 6) is -0.475. The van der Waals surface area contributed by atoms with Crippen LogP contribution in [0.15, 0.2) is 54.9 Å². The summed E-state index contributed by atoms with van der Waals surface area (Å²) >= 11 is 0. The van der Waals surface area contributed by atoms with Gasteiger partial charge in [0.05, 0.1) is 5.92 Å². The predicted octanol–water partition coefficient (Wildman–Crippen LogP) is 4.36. The monoisotopic (exact) mass is 382 g/mol. The molecule has 1 aliphatic heterocycles. The number of piperidine rings is 1. The van der Waals surface area contributed by atoms with Crippen LogP contribution in [0, 0.1) is 5.92 Å². The number of carbonyl (C=O) groups is 1. The van der Waals surface area contributed by atoms with Crippen LogP contribution in [0.4, 0.5) is 0 Å². The summed E-state index contributed by atoms with van der Waals surface area (Å²) in [5.41, 5.74) is 1.30. The van der Waals surface area contributed by atoms with E-state index in [1.165, 1.54) is 0 Å². The van der Waals surface area contributed by atoms with Gasteiger partial charge in [0.1, 0.15) is 5.60 Å². The topological polar surface area (TPSA) is 60.5 Å². The van der Waals surface area contributed by atoms with Crippen LogP contribution in [0.1, 0.15) is 56.6 Å². The lowest BCUT2D eigenvalue weighted by Crippen LogP contribution is -2.44. The van der Waals surface area contributed by atoms with Gasteiger partial charge in [0, 0.05) is 12.4 Å². The van der Waals surface area contributed by atoms with E-state index in [1.807, 2.05) is 49.4 Å². The van der Waals surface area contributed by atoms with Crippen LogP contribution in [-0.4, -0.2) is 24.0 Å². The molecule has 0 saturated carbocycles. The number of benzene rings is 1. The zero-order chi connectivity index (χ0) is 19.8. The lowest BCUT2D eigenvalue weighted by Gasteiger charge is -2.41. The van der Waals surface area contributed by atoms with Crippen LogP contribution in [0.5, 0.6) is 0 Å². The highest BCUT2D eigenvalue weighted by molar-refractivity contribution is 5.77. The molecule has 150 valence electrons. The molecular weight excluding hydrogens is 352 g/mol. The minimum atomic E-state index is -0.647. The molecule has 1 saturated heterocycles. The molecule has 5 heteroatoms. The Morgan fingerprint density at radius 3 is 2.50 bits per heavy atom. The second-order valence-corrected chi connectivity index (χ2v) is 7.52. The van der Waals surface area contributed by atoms with E-state index in [9.17, 15) is 4.79 Å². The number of rotatable bonds is 8. The van der Waals surface area contributed by atoms with E-state index < -0.39 is 5.60 Å². The van der Waals surface area contributed by atoms with Crippen molar-refractivity contribution in [3.8, 4) is 0 Å². The SMILES string of the molecule is CCCC(OOC(=O)C(C)c1ccccc1)(c1ccncc1)C1CCNCC1. The number of hydrogen-bond donors (Lipinski definition) is 1. The summed E-state index contributed by atoms with van der Waals surface area (Å²) in [6.45, 7) is 5.87. The summed E-state index contributed by atoms with van der Waals surface area (Å²) in [6, 6.07) is 13.6. The van der Waals surface area contributed by atoms with Gasteiger partial charge in [0.25, 0.3) is 0 Å². The van der Waals surface area contributed by atoms with Crippen LogP contribution in [-0.2, 0) is 20.2 Å². The average Bonchev–Trinajstić information content (AvgIpc) is 2.77. The van der Waals surface area contributed by atoms with Gasteiger partial charge in [-0.2, -0.15) is 4.89 Å². The summed E-state index contributed by atoms with van der Waals surface area (Å²) in [7, 11) is 0. The van der Waals surface area contributed by atoms with Crippen molar-refractivity contribution in [1.82, 2.24) is 10.3 Å². The smallest absolute Gasteiger partial charge is 0.317 e. The maximum Gasteiger partial charge on any atom is 0.349 e. The Kier molecular flexibility index (Phi) is 7.18. The minimum Gasteiger partial charge on any atom is -0.317 e. The van der Waals surface area contributed by atoms with E-state index >= 15 is 0 Å². The van der Waals surface area contributed by atoms with Crippen molar-refractivity contribution in [2.24, 2.45) is 5.92 Å². The molecule has 2 unspecified atom stereocenters. The molecular formula is C23H30N2O3. The molecule has 0 spiro atoms. The van der Waals surface area contributed by atoms with Gasteiger partial charge in [-0.15, -0.1) is 0 Å². The van der Waals surface area contributed by atoms with Gasteiger partial charge in [-0.05, 0) is 68.5 Å². The maximum absolute atomic E-state index is 12.7. The van der Waals surface area contributed by atoms with Crippen molar-refractivity contribution in [2.75, 3.05) is 13.1 Å². The number of carbonyl (C=O) groups excluding carboxylic acids is 1. The van der Waals surface area contributed by atoms with Crippen LogP contribution in [0.25, 0.3) is 0 Å². The molecule has 0 radical (unpaired) electrons. The highest BCUT2D eigenvalue weighted by atomic mass is 17.2. The zero-order valence-electron chi connectivity index (χ0n) is 16.8. The van der Waals surface area contributed by atoms with Crippen molar-refractivity contribution in [1.29, 1.82) is 0 Å². The predicted molar refractivity (Wildman–Crippen MR) is 108 cm³/mol. The molecule has 0 bridgehead atoms. The van der Waals surface area contributed by atoms with Crippen molar-refractivity contribution in [3.05, 3.63) is 66.0 Å². The standard InChI is InChI=1S/C23H30N2O3/c1-3-13-23(20-9-14-24-15-10-20,21-11-16-25-17-12-21)28-27-22(26)18(2)19-7-5-4-6-8-19/h4-10,14-15,18,21,25H,3,11-13,16-17H2,1-2H3. The summed E-state index contributed by atoms with van der Waals surface area (Å²) < 4.78 is 0. The van der Waals surface area contributed by atoms with Gasteiger partial charge in [0.2, 0.25) is 0 Å². The minimum absolute atomic E-state index is 0.274. The van der Waals surface area contributed by atoms with E-state index in [2.05, 4.69) is 17.2 Å². The molecule has 1 aliphatic rings. The van der Waals surface area contributed by atoms with Crippen LogP contribution in [0.2, 0.25) is 0 Å². The van der Waals surface area contributed by atoms with Crippen molar-refractivity contribution in [2.45, 2.75) is 51.0 Å². The molecule has 2 aromatic rings. The zero-order valence-corrected chi connectivity index (χ0v) is 16.8. The lowest BCUT2D eigenvalue weighted by molar-refractivity contribution is -0.356. The number of aromatic nitrogens is 1. The third-order valence-corrected chi connectivity index (χ3v) is 5.71. The Labute approximate surface area is 167 Å². The number of nitrogens with one attached hydrogen (secondary N) is 1. The van der Waals surface area contributed by atoms with Crippen LogP contribution >= 0.6 is 0 Å². The van der Waals surface area contributed by atoms with Gasteiger partial charge >= 0.3 is 5.97 Å². The summed E-state index contributed by atoms with van der Waals surface area (Å²) in [5, 5.41) is 3.41. The highest BCUT2D eigenvalue weighted by Gasteiger charge is 2.44. The first kappa shape index (κ1) is 20.5. The Morgan fingerprint density at radius 1 is 1.18 bits per heavy atom. The molecule has 28 heavy (non-hydrogen) atoms. The van der Waals surface area contributed by atoms with E-state index in [0.29, 0.717) is 0 Å². The fraction of sp³-hybridized carbons (Fsp3) is 0.478. The van der Waals surface area contributed by atoms with E-state index in [4.69, 9.17) is 9.78 Å². The fourth-order valence-electron chi connectivity index (χ4n) is 4.10. The Bertz CT molecular complexity index is 732. The highest BCUT2D eigenvalue weighted by Crippen LogP contribution is 2.43. The third-order valence-electron chi connectivity index (χ3n) is 5.71. The Hall–Kier alpha value is -2.24. The maximum atomic E-state index is 12.7. The first-order valence-electron chi connectivity index (χ1n) is 10.2. The molecule has 1 N–H and O–H groups in total. The molecule has 0 amide bonds. The Morgan fingerprint density at radius 2 is 1.86 bits per heavy atom. The first-order valence-corrected chi connectivity index (χ1v) is 10.2. The van der Waals surface area contributed by atoms with Gasteiger partial charge in [-0.3, -0.25) is 9.87 Å². The molecule has 0 aliphatic carbocycles. The largest absolute Gasteiger partial charge is 0.349 e. The first-order chi connectivity index (χ1) is 13.7. The van der Waals surface area contributed by atoms with Crippen LogP contribution in [0.3, 0.4) is 0 Å². The molecule has 2 heterocycles. The van der Waals surface area contributed by atoms with E-state index in [1.54, 1.807) is 12.4 Å². The molecule has 5 nitrogen and oxygen atoms in total. The van der Waals surface area contributed by atoms with E-state index in [-0.39, 0.29) is 17.8 Å². The number of pyridine rings is 1. The van der Waals surface area contributed by atoms with Gasteiger partial charge in [-0.25, -0.2) is 4.79 Å². The normalized spacial score (nSPS) is 18.2. The molecule has 3 rings (SSSR count). The summed E-state index contributed by atoms with van der Waals surface area (Å²) in [6.07, 6.45) is 7.23. The summed E-state index contributed by atoms with van der Waals surface area (Å²) in [4.78, 5) is 28.5. The quantitative estimate of drug-likeness (QED) is 0.543. The lowest BCUT2D eigenvalue weighted by atomic mass is 9.74. The van der Waals surface area contributed by atoms with E-state index in [0.717, 1.165) is 49.9 Å². The third kappa shape index (κ3) is 4.59. The van der Waals surface area contributed by atoms with Crippen LogP contribution < -0.4 is 5.32 Å². The molecule has 1 fully saturated rings. The second kappa shape index (κ2) is 9.80. The van der Waals surface area contributed by atoms with Gasteiger partial charge in [-0.1, -0.05) is 43.7 Å².